The molecule has 0 heterocycles. The van der Waals surface area contributed by atoms with Gasteiger partial charge in [0.25, 0.3) is 0 Å². The lowest BCUT2D eigenvalue weighted by molar-refractivity contribution is -0.142. The third-order valence-electron chi connectivity index (χ3n) is 6.78. The quantitative estimate of drug-likeness (QED) is 0.0691. The van der Waals surface area contributed by atoms with Crippen LogP contribution in [0.1, 0.15) is 128 Å². The second kappa shape index (κ2) is 26.0. The van der Waals surface area contributed by atoms with Crippen molar-refractivity contribution in [1.29, 1.82) is 0 Å². The van der Waals surface area contributed by atoms with Gasteiger partial charge < -0.3 is 31.0 Å². The van der Waals surface area contributed by atoms with Crippen LogP contribution in [-0.2, 0) is 28.8 Å². The van der Waals surface area contributed by atoms with Gasteiger partial charge in [-0.25, -0.2) is 4.79 Å². The van der Waals surface area contributed by atoms with Crippen molar-refractivity contribution in [2.75, 3.05) is 13.1 Å². The molecule has 1 atom stereocenters. The number of carbonyl (C=O) groups is 6. The van der Waals surface area contributed by atoms with Gasteiger partial charge in [-0.3, -0.25) is 19.2 Å². The van der Waals surface area contributed by atoms with Gasteiger partial charge in [0.15, 0.2) is 7.85 Å². The average molecular weight is 582 g/mol. The Hall–Kier alpha value is -2.92. The summed E-state index contributed by atoms with van der Waals surface area (Å²) < 4.78 is 0. The molecule has 41 heavy (non-hydrogen) atoms. The zero-order chi connectivity index (χ0) is 30.7. The fourth-order valence-corrected chi connectivity index (χ4v) is 4.36. The minimum atomic E-state index is -1.18. The van der Waals surface area contributed by atoms with Crippen LogP contribution < -0.4 is 16.0 Å². The van der Waals surface area contributed by atoms with Crippen LogP contribution in [-0.4, -0.2) is 72.5 Å². The van der Waals surface area contributed by atoms with Gasteiger partial charge in [-0.1, -0.05) is 77.0 Å². The van der Waals surface area contributed by atoms with Crippen LogP contribution in [0.4, 0.5) is 0 Å². The molecule has 0 saturated carbocycles. The van der Waals surface area contributed by atoms with E-state index in [9.17, 15) is 33.9 Å². The van der Waals surface area contributed by atoms with Crippen molar-refractivity contribution in [2.45, 2.75) is 134 Å². The molecule has 0 radical (unpaired) electrons. The van der Waals surface area contributed by atoms with Gasteiger partial charge in [-0.05, 0) is 25.7 Å². The van der Waals surface area contributed by atoms with Gasteiger partial charge >= 0.3 is 11.9 Å². The smallest absolute Gasteiger partial charge is 0.326 e. The lowest BCUT2D eigenvalue weighted by Gasteiger charge is -2.14. The number of carboxylic acid groups (broad SMARTS) is 2. The van der Waals surface area contributed by atoms with Crippen LogP contribution in [0.2, 0.25) is 0 Å². The van der Waals surface area contributed by atoms with E-state index in [1.807, 2.05) is 0 Å². The normalized spacial score (nSPS) is 11.4. The Morgan fingerprint density at radius 2 is 0.976 bits per heavy atom. The fourth-order valence-electron chi connectivity index (χ4n) is 4.36. The second-order valence-corrected chi connectivity index (χ2v) is 10.8. The van der Waals surface area contributed by atoms with Crippen LogP contribution in [0.5, 0.6) is 0 Å². The predicted octanol–water partition coefficient (Wildman–Crippen LogP) is 2.83. The van der Waals surface area contributed by atoms with Crippen LogP contribution in [0.15, 0.2) is 0 Å². The van der Waals surface area contributed by atoms with Crippen molar-refractivity contribution in [3.05, 3.63) is 0 Å². The van der Waals surface area contributed by atoms with Crippen molar-refractivity contribution in [3.63, 3.8) is 0 Å². The highest BCUT2D eigenvalue weighted by atomic mass is 16.4. The van der Waals surface area contributed by atoms with Crippen LogP contribution >= 0.6 is 0 Å². The van der Waals surface area contributed by atoms with Gasteiger partial charge in [-0.2, -0.15) is 0 Å². The number of nitrogens with one attached hydrogen (secondary N) is 3. The highest BCUT2D eigenvalue weighted by Gasteiger charge is 2.20. The van der Waals surface area contributed by atoms with E-state index in [0.717, 1.165) is 38.5 Å². The minimum absolute atomic E-state index is 0.0151. The summed E-state index contributed by atoms with van der Waals surface area (Å²) in [5.74, 6) is -2.83. The third kappa shape index (κ3) is 27.0. The van der Waals surface area contributed by atoms with Gasteiger partial charge in [0.05, 0.1) is 6.54 Å². The SMILES string of the molecule is BC(=O)CNC(=O)CCCNC(=O)CC[C@H](NC(=O)CCCCCCCCCCCCCCCCC(=O)O)C(=O)O. The Kier molecular flexibility index (Phi) is 24.2. The molecule has 0 rings (SSSR count). The lowest BCUT2D eigenvalue weighted by Crippen LogP contribution is -2.41. The Morgan fingerprint density at radius 1 is 0.537 bits per heavy atom. The molecule has 0 aliphatic carbocycles. The number of carbonyl (C=O) groups excluding carboxylic acids is 4. The topological polar surface area (TPSA) is 179 Å². The molecule has 11 nitrogen and oxygen atoms in total. The first kappa shape index (κ1) is 38.1. The molecule has 0 bridgehead atoms. The summed E-state index contributed by atoms with van der Waals surface area (Å²) in [5.41, 5.74) is -0.142. The first-order chi connectivity index (χ1) is 19.6. The number of rotatable bonds is 28. The Labute approximate surface area is 245 Å². The summed E-state index contributed by atoms with van der Waals surface area (Å²) >= 11 is 0. The molecule has 0 unspecified atom stereocenters. The van der Waals surface area contributed by atoms with Crippen molar-refractivity contribution in [2.24, 2.45) is 0 Å². The molecule has 0 aromatic carbocycles. The molecule has 5 N–H and O–H groups in total. The molecule has 12 heteroatoms. The maximum atomic E-state index is 12.2. The summed E-state index contributed by atoms with van der Waals surface area (Å²) in [4.78, 5) is 68.5. The molecule has 3 amide bonds. The van der Waals surface area contributed by atoms with Gasteiger partial charge in [0.1, 0.15) is 11.7 Å². The minimum Gasteiger partial charge on any atom is -0.481 e. The zero-order valence-electron chi connectivity index (χ0n) is 25.0. The second-order valence-electron chi connectivity index (χ2n) is 10.8. The van der Waals surface area contributed by atoms with E-state index in [1.165, 1.54) is 52.8 Å². The average Bonchev–Trinajstić information content (AvgIpc) is 2.91. The molecule has 0 aliphatic heterocycles. The Morgan fingerprint density at radius 3 is 1.44 bits per heavy atom. The van der Waals surface area contributed by atoms with E-state index in [-0.39, 0.29) is 68.6 Å². The third-order valence-corrected chi connectivity index (χ3v) is 6.78. The van der Waals surface area contributed by atoms with E-state index in [2.05, 4.69) is 16.0 Å². The number of aliphatic carboxylic acids is 2. The highest BCUT2D eigenvalue weighted by molar-refractivity contribution is 6.58. The molecular formula is C29H52BN3O8. The first-order valence-electron chi connectivity index (χ1n) is 15.4. The molecule has 0 aromatic heterocycles. The molecule has 0 spiro atoms. The van der Waals surface area contributed by atoms with E-state index in [1.54, 1.807) is 0 Å². The zero-order valence-corrected chi connectivity index (χ0v) is 25.0. The van der Waals surface area contributed by atoms with E-state index in [4.69, 9.17) is 5.11 Å². The molecular weight excluding hydrogens is 529 g/mol. The lowest BCUT2D eigenvalue weighted by atomic mass is 10.0. The standard InChI is InChI=1S/C29H52BN3O8/c30-24(34)22-32-25(35)17-15-21-31-26(36)20-19-23(29(40)41)33-27(37)16-13-11-9-7-5-3-1-2-4-6-8-10-12-14-18-28(38)39/h23H,1-22,30H2,(H,31,36)(H,32,35)(H,33,37)(H,38,39)(H,40,41)/t23-/m0/s1. The Balaban J connectivity index is 3.72. The van der Waals surface area contributed by atoms with Crippen molar-refractivity contribution in [1.82, 2.24) is 16.0 Å². The van der Waals surface area contributed by atoms with Gasteiger partial charge in [0.2, 0.25) is 17.7 Å². The van der Waals surface area contributed by atoms with Crippen molar-refractivity contribution >= 4 is 43.2 Å². The molecule has 0 fully saturated rings. The summed E-state index contributed by atoms with van der Waals surface area (Å²) in [6, 6.07) is -1.12. The summed E-state index contributed by atoms with van der Waals surface area (Å²) in [6.07, 6.45) is 16.2. The first-order valence-corrected chi connectivity index (χ1v) is 15.4. The van der Waals surface area contributed by atoms with Crippen LogP contribution in [0, 0.1) is 0 Å². The van der Waals surface area contributed by atoms with E-state index >= 15 is 0 Å². The monoisotopic (exact) mass is 581 g/mol. The largest absolute Gasteiger partial charge is 0.481 e. The highest BCUT2D eigenvalue weighted by Crippen LogP contribution is 2.14. The molecule has 234 valence electrons. The number of hydrogen-bond donors (Lipinski definition) is 5. The van der Waals surface area contributed by atoms with Crippen molar-refractivity contribution in [3.8, 4) is 0 Å². The Bertz CT molecular complexity index is 794. The molecule has 0 aromatic rings. The fraction of sp³-hybridized carbons (Fsp3) is 0.793. The number of unbranched alkanes of at least 4 members (excludes halogenated alkanes) is 13. The van der Waals surface area contributed by atoms with Crippen LogP contribution in [0.3, 0.4) is 0 Å². The predicted molar refractivity (Wildman–Crippen MR) is 159 cm³/mol. The number of carboxylic acids is 2. The summed E-state index contributed by atoms with van der Waals surface area (Å²) in [7, 11) is 1.38. The molecule has 0 aliphatic rings. The number of hydrogen-bond acceptors (Lipinski definition) is 6. The van der Waals surface area contributed by atoms with Gasteiger partial charge in [-0.15, -0.1) is 0 Å². The van der Waals surface area contributed by atoms with E-state index < -0.39 is 18.0 Å². The maximum Gasteiger partial charge on any atom is 0.326 e. The molecule has 0 saturated heterocycles. The van der Waals surface area contributed by atoms with E-state index in [0.29, 0.717) is 12.8 Å². The van der Waals surface area contributed by atoms with Crippen molar-refractivity contribution < 1.29 is 39.0 Å². The summed E-state index contributed by atoms with van der Waals surface area (Å²) in [6.45, 7) is 0.242. The summed E-state index contributed by atoms with van der Waals surface area (Å²) in [5, 5.41) is 25.6. The number of amides is 3. The van der Waals surface area contributed by atoms with Crippen LogP contribution in [0.25, 0.3) is 0 Å². The van der Waals surface area contributed by atoms with Gasteiger partial charge in [0, 0.05) is 32.2 Å². The maximum absolute atomic E-state index is 12.2.